The minimum absolute atomic E-state index is 0.212. The average Bonchev–Trinajstić information content (AvgIpc) is 2.90. The highest BCUT2D eigenvalue weighted by Gasteiger charge is 2.19. The van der Waals surface area contributed by atoms with Crippen molar-refractivity contribution in [3.8, 4) is 16.9 Å². The molecule has 3 N–H and O–H groups in total. The van der Waals surface area contributed by atoms with Gasteiger partial charge in [-0.3, -0.25) is 20.0 Å². The molecule has 0 aliphatic carbocycles. The van der Waals surface area contributed by atoms with E-state index in [4.69, 9.17) is 10.1 Å². The van der Waals surface area contributed by atoms with E-state index in [0.29, 0.717) is 0 Å². The second-order valence-corrected chi connectivity index (χ2v) is 7.61. The van der Waals surface area contributed by atoms with Crippen LogP contribution in [0.2, 0.25) is 0 Å². The van der Waals surface area contributed by atoms with Gasteiger partial charge in [-0.05, 0) is 46.3 Å². The van der Waals surface area contributed by atoms with Crippen LogP contribution in [0.15, 0.2) is 79.1 Å². The molecule has 2 amide bonds. The molecule has 3 aromatic carbocycles. The van der Waals surface area contributed by atoms with Crippen LogP contribution in [0.4, 0.5) is 0 Å². The van der Waals surface area contributed by atoms with Crippen molar-refractivity contribution >= 4 is 28.3 Å². The van der Waals surface area contributed by atoms with E-state index < -0.39 is 5.91 Å². The van der Waals surface area contributed by atoms with Crippen LogP contribution < -0.4 is 15.4 Å². The van der Waals surface area contributed by atoms with Gasteiger partial charge in [0.2, 0.25) is 0 Å². The molecule has 0 fully saturated rings. The fraction of sp³-hybridized carbons (Fsp3) is 0.111. The Hall–Kier alpha value is -4.52. The number of pyridine rings is 1. The first-order valence-electron chi connectivity index (χ1n) is 10.7. The van der Waals surface area contributed by atoms with E-state index in [0.717, 1.165) is 33.2 Å². The standard InChI is InChI=1S/C27H24N4O3/c1-29-26(32)23-9-4-3-8-22(23)25(28)27(33)31-15-18-10-11-20(21-12-13-30-16-24(18)21)17-6-5-7-19(14-17)34-2/h3-14,16,28H,15H2,1-2H3,(H,29,32)(H,31,33). The second kappa shape index (κ2) is 9.95. The molecule has 4 rings (SSSR count). The van der Waals surface area contributed by atoms with Crippen LogP contribution in [0, 0.1) is 5.41 Å². The van der Waals surface area contributed by atoms with Gasteiger partial charge < -0.3 is 15.4 Å². The van der Waals surface area contributed by atoms with E-state index in [1.807, 2.05) is 42.5 Å². The molecule has 170 valence electrons. The van der Waals surface area contributed by atoms with Gasteiger partial charge in [0.25, 0.3) is 11.8 Å². The SMILES string of the molecule is CNC(=O)c1ccccc1C(=N)C(=O)NCc1ccc(-c2cccc(OC)c2)c2ccncc12. The Morgan fingerprint density at radius 3 is 2.53 bits per heavy atom. The molecule has 0 unspecified atom stereocenters. The van der Waals surface area contributed by atoms with Gasteiger partial charge in [0, 0.05) is 42.5 Å². The smallest absolute Gasteiger partial charge is 0.270 e. The fourth-order valence-corrected chi connectivity index (χ4v) is 3.87. The number of hydrogen-bond acceptors (Lipinski definition) is 5. The average molecular weight is 453 g/mol. The summed E-state index contributed by atoms with van der Waals surface area (Å²) in [5, 5.41) is 15.6. The molecule has 0 radical (unpaired) electrons. The molecule has 4 aromatic rings. The van der Waals surface area contributed by atoms with Crippen molar-refractivity contribution in [2.24, 2.45) is 0 Å². The Bertz CT molecular complexity index is 1400. The lowest BCUT2D eigenvalue weighted by Crippen LogP contribution is -2.32. The maximum absolute atomic E-state index is 12.8. The molecule has 0 spiro atoms. The van der Waals surface area contributed by atoms with Gasteiger partial charge in [-0.15, -0.1) is 0 Å². The maximum atomic E-state index is 12.8. The molecule has 1 heterocycles. The first-order chi connectivity index (χ1) is 16.5. The van der Waals surface area contributed by atoms with Gasteiger partial charge in [0.05, 0.1) is 7.11 Å². The van der Waals surface area contributed by atoms with Crippen molar-refractivity contribution in [3.63, 3.8) is 0 Å². The zero-order chi connectivity index (χ0) is 24.1. The highest BCUT2D eigenvalue weighted by atomic mass is 16.5. The van der Waals surface area contributed by atoms with Crippen molar-refractivity contribution < 1.29 is 14.3 Å². The van der Waals surface area contributed by atoms with Crippen molar-refractivity contribution in [1.29, 1.82) is 5.41 Å². The van der Waals surface area contributed by atoms with E-state index in [1.54, 1.807) is 43.8 Å². The minimum atomic E-state index is -0.565. The predicted molar refractivity (Wildman–Crippen MR) is 132 cm³/mol. The van der Waals surface area contributed by atoms with Crippen LogP contribution in [0.5, 0.6) is 5.75 Å². The third kappa shape index (κ3) is 4.49. The van der Waals surface area contributed by atoms with Crippen LogP contribution in [-0.2, 0) is 11.3 Å². The Morgan fingerprint density at radius 1 is 0.971 bits per heavy atom. The number of nitrogens with one attached hydrogen (secondary N) is 3. The summed E-state index contributed by atoms with van der Waals surface area (Å²) < 4.78 is 5.36. The summed E-state index contributed by atoms with van der Waals surface area (Å²) in [6.07, 6.45) is 3.51. The molecule has 0 aliphatic rings. The van der Waals surface area contributed by atoms with Crippen molar-refractivity contribution in [1.82, 2.24) is 15.6 Å². The molecular weight excluding hydrogens is 428 g/mol. The lowest BCUT2D eigenvalue weighted by molar-refractivity contribution is -0.114. The molecule has 0 aliphatic heterocycles. The van der Waals surface area contributed by atoms with Crippen LogP contribution in [0.3, 0.4) is 0 Å². The summed E-state index contributed by atoms with van der Waals surface area (Å²) in [5.74, 6) is -0.143. The third-order valence-electron chi connectivity index (χ3n) is 5.62. The number of benzene rings is 3. The van der Waals surface area contributed by atoms with E-state index in [9.17, 15) is 9.59 Å². The summed E-state index contributed by atoms with van der Waals surface area (Å²) >= 11 is 0. The van der Waals surface area contributed by atoms with Gasteiger partial charge in [0.15, 0.2) is 0 Å². The lowest BCUT2D eigenvalue weighted by atomic mass is 9.96. The molecule has 34 heavy (non-hydrogen) atoms. The van der Waals surface area contributed by atoms with Crippen LogP contribution in [0.25, 0.3) is 21.9 Å². The van der Waals surface area contributed by atoms with Crippen molar-refractivity contribution in [2.75, 3.05) is 14.2 Å². The summed E-state index contributed by atoms with van der Waals surface area (Å²) in [7, 11) is 3.15. The number of rotatable bonds is 7. The molecule has 1 aromatic heterocycles. The zero-order valence-electron chi connectivity index (χ0n) is 18.9. The highest BCUT2D eigenvalue weighted by molar-refractivity contribution is 6.45. The van der Waals surface area contributed by atoms with E-state index in [-0.39, 0.29) is 29.3 Å². The topological polar surface area (TPSA) is 104 Å². The van der Waals surface area contributed by atoms with Crippen molar-refractivity contribution in [2.45, 2.75) is 6.54 Å². The minimum Gasteiger partial charge on any atom is -0.497 e. The van der Waals surface area contributed by atoms with Crippen LogP contribution in [0.1, 0.15) is 21.5 Å². The molecule has 0 bridgehead atoms. The molecule has 7 heteroatoms. The van der Waals surface area contributed by atoms with Gasteiger partial charge in [-0.1, -0.05) is 42.5 Å². The number of hydrogen-bond donors (Lipinski definition) is 3. The Labute approximate surface area is 197 Å². The third-order valence-corrected chi connectivity index (χ3v) is 5.62. The van der Waals surface area contributed by atoms with Crippen LogP contribution >= 0.6 is 0 Å². The number of methoxy groups -OCH3 is 1. The van der Waals surface area contributed by atoms with Gasteiger partial charge in [-0.25, -0.2) is 0 Å². The number of amides is 2. The fourth-order valence-electron chi connectivity index (χ4n) is 3.87. The monoisotopic (exact) mass is 452 g/mol. The van der Waals surface area contributed by atoms with Gasteiger partial charge >= 0.3 is 0 Å². The van der Waals surface area contributed by atoms with E-state index in [1.165, 1.54) is 7.05 Å². The molecule has 0 saturated heterocycles. The number of carbonyl (C=O) groups excluding carboxylic acids is 2. The normalized spacial score (nSPS) is 10.5. The maximum Gasteiger partial charge on any atom is 0.270 e. The number of aromatic nitrogens is 1. The number of nitrogens with zero attached hydrogens (tertiary/aromatic N) is 1. The summed E-state index contributed by atoms with van der Waals surface area (Å²) in [5.41, 5.74) is 3.20. The van der Waals surface area contributed by atoms with Crippen LogP contribution in [-0.4, -0.2) is 36.7 Å². The summed E-state index contributed by atoms with van der Waals surface area (Å²) in [6.45, 7) is 0.212. The van der Waals surface area contributed by atoms with E-state index >= 15 is 0 Å². The first-order valence-corrected chi connectivity index (χ1v) is 10.7. The quantitative estimate of drug-likeness (QED) is 0.369. The first kappa shape index (κ1) is 22.7. The Balaban J connectivity index is 1.60. The number of fused-ring (bicyclic) bond motifs is 1. The summed E-state index contributed by atoms with van der Waals surface area (Å²) in [4.78, 5) is 29.2. The summed E-state index contributed by atoms with van der Waals surface area (Å²) in [6, 6.07) is 20.3. The van der Waals surface area contributed by atoms with E-state index in [2.05, 4.69) is 15.6 Å². The second-order valence-electron chi connectivity index (χ2n) is 7.61. The molecule has 0 saturated carbocycles. The lowest BCUT2D eigenvalue weighted by Gasteiger charge is -2.14. The van der Waals surface area contributed by atoms with Gasteiger partial charge in [-0.2, -0.15) is 0 Å². The zero-order valence-corrected chi connectivity index (χ0v) is 18.9. The van der Waals surface area contributed by atoms with Crippen molar-refractivity contribution in [3.05, 3.63) is 95.8 Å². The Morgan fingerprint density at radius 2 is 1.76 bits per heavy atom. The predicted octanol–water partition coefficient (Wildman–Crippen LogP) is 3.95. The highest BCUT2D eigenvalue weighted by Crippen LogP contribution is 2.32. The largest absolute Gasteiger partial charge is 0.497 e. The molecular formula is C27H24N4O3. The van der Waals surface area contributed by atoms with Gasteiger partial charge in [0.1, 0.15) is 11.5 Å². The molecule has 0 atom stereocenters. The molecule has 7 nitrogen and oxygen atoms in total. The number of carbonyl (C=O) groups is 2. The Kier molecular flexibility index (Phi) is 6.64. The number of ether oxygens (including phenoxy) is 1.